The Kier molecular flexibility index (Phi) is 7.86. The van der Waals surface area contributed by atoms with Crippen molar-refractivity contribution in [1.82, 2.24) is 19.4 Å². The van der Waals surface area contributed by atoms with Gasteiger partial charge in [0.1, 0.15) is 24.0 Å². The molecule has 6 rings (SSSR count). The number of piperidine rings is 2. The number of nitrogens with two attached hydrogens (primary N) is 1. The van der Waals surface area contributed by atoms with Crippen LogP contribution in [-0.2, 0) is 30.9 Å². The van der Waals surface area contributed by atoms with Gasteiger partial charge in [-0.15, -0.1) is 0 Å². The highest BCUT2D eigenvalue weighted by atomic mass is 32.2. The van der Waals surface area contributed by atoms with Crippen LogP contribution in [0.1, 0.15) is 52.0 Å². The predicted octanol–water partition coefficient (Wildman–Crippen LogP) is 0.599. The fourth-order valence-electron chi connectivity index (χ4n) is 6.00. The van der Waals surface area contributed by atoms with Gasteiger partial charge in [-0.25, -0.2) is 13.2 Å². The quantitative estimate of drug-likeness (QED) is 0.394. The Balaban J connectivity index is 1.03. The molecular weight excluding hydrogens is 594 g/mol. The van der Waals surface area contributed by atoms with Crippen LogP contribution in [0, 0.1) is 0 Å². The molecule has 3 fully saturated rings. The number of fused-ring (bicyclic) bond motifs is 1. The van der Waals surface area contributed by atoms with E-state index in [-0.39, 0.29) is 48.1 Å². The van der Waals surface area contributed by atoms with Crippen molar-refractivity contribution in [2.45, 2.75) is 55.4 Å². The average Bonchev–Trinajstić information content (AvgIpc) is 3.21. The lowest BCUT2D eigenvalue weighted by Gasteiger charge is -2.39. The number of imide groups is 2. The maximum atomic E-state index is 13.2. The highest BCUT2D eigenvalue weighted by molar-refractivity contribution is 7.89. The van der Waals surface area contributed by atoms with E-state index in [9.17, 15) is 32.4 Å². The summed E-state index contributed by atoms with van der Waals surface area (Å²) in [4.78, 5) is 63.9. The Morgan fingerprint density at radius 2 is 1.66 bits per heavy atom. The van der Waals surface area contributed by atoms with Crippen molar-refractivity contribution in [3.8, 4) is 5.75 Å². The number of sulfonamides is 1. The zero-order chi connectivity index (χ0) is 31.2. The summed E-state index contributed by atoms with van der Waals surface area (Å²) in [5, 5.41) is 2.19. The van der Waals surface area contributed by atoms with E-state index in [1.54, 1.807) is 30.3 Å². The first-order valence-electron chi connectivity index (χ1n) is 14.3. The van der Waals surface area contributed by atoms with Crippen LogP contribution in [-0.4, -0.2) is 96.7 Å². The smallest absolute Gasteiger partial charge is 0.404 e. The molecule has 2 aromatic rings. The van der Waals surface area contributed by atoms with Crippen LogP contribution in [0.15, 0.2) is 47.4 Å². The summed E-state index contributed by atoms with van der Waals surface area (Å²) in [6.45, 7) is 2.05. The van der Waals surface area contributed by atoms with Gasteiger partial charge in [0.2, 0.25) is 21.8 Å². The zero-order valence-corrected chi connectivity index (χ0v) is 24.5. The SMILES string of the molecule is NC(=O)OC1CCN(S(=O)(=O)c2cccc(OC3CN(Cc4ccc5c(c4)C(=O)N(C4CCC(=O)NC4=O)C5=O)C3)c2)CC1. The molecule has 0 radical (unpaired) electrons. The van der Waals surface area contributed by atoms with Gasteiger partial charge in [0.15, 0.2) is 0 Å². The molecule has 2 aromatic carbocycles. The van der Waals surface area contributed by atoms with Crippen LogP contribution < -0.4 is 15.8 Å². The summed E-state index contributed by atoms with van der Waals surface area (Å²) in [5.41, 5.74) is 6.33. The van der Waals surface area contributed by atoms with E-state index in [1.807, 2.05) is 0 Å². The summed E-state index contributed by atoms with van der Waals surface area (Å²) < 4.78 is 38.8. The third kappa shape index (κ3) is 5.77. The molecule has 1 atom stereocenters. The van der Waals surface area contributed by atoms with E-state index in [0.29, 0.717) is 38.2 Å². The van der Waals surface area contributed by atoms with Crippen LogP contribution >= 0.6 is 0 Å². The first-order chi connectivity index (χ1) is 21.0. The lowest BCUT2D eigenvalue weighted by molar-refractivity contribution is -0.136. The van der Waals surface area contributed by atoms with Crippen LogP contribution in [0.3, 0.4) is 0 Å². The van der Waals surface area contributed by atoms with Crippen molar-refractivity contribution in [2.75, 3.05) is 26.2 Å². The molecule has 0 aromatic heterocycles. The number of rotatable bonds is 8. The maximum absolute atomic E-state index is 13.2. The first kappa shape index (κ1) is 29.7. The average molecular weight is 626 g/mol. The van der Waals surface area contributed by atoms with Gasteiger partial charge in [-0.2, -0.15) is 4.31 Å². The number of carbonyl (C=O) groups is 5. The molecule has 4 heterocycles. The van der Waals surface area contributed by atoms with E-state index in [2.05, 4.69) is 10.2 Å². The molecule has 0 spiro atoms. The number of primary amides is 1. The predicted molar refractivity (Wildman–Crippen MR) is 152 cm³/mol. The van der Waals surface area contributed by atoms with Gasteiger partial charge in [-0.05, 0) is 49.1 Å². The van der Waals surface area contributed by atoms with Crippen molar-refractivity contribution >= 4 is 39.7 Å². The maximum Gasteiger partial charge on any atom is 0.404 e. The number of nitrogens with zero attached hydrogens (tertiary/aromatic N) is 3. The molecule has 5 amide bonds. The fourth-order valence-corrected chi connectivity index (χ4v) is 7.51. The molecular formula is C29H31N5O9S. The van der Waals surface area contributed by atoms with E-state index in [1.165, 1.54) is 16.4 Å². The number of nitrogens with one attached hydrogen (secondary N) is 1. The molecule has 3 saturated heterocycles. The molecule has 1 unspecified atom stereocenters. The van der Waals surface area contributed by atoms with Crippen molar-refractivity contribution < 1.29 is 41.9 Å². The molecule has 0 bridgehead atoms. The van der Waals surface area contributed by atoms with Crippen LogP contribution in [0.5, 0.6) is 5.75 Å². The van der Waals surface area contributed by atoms with Gasteiger partial charge < -0.3 is 15.2 Å². The molecule has 232 valence electrons. The largest absolute Gasteiger partial charge is 0.488 e. The minimum Gasteiger partial charge on any atom is -0.488 e. The minimum atomic E-state index is -3.76. The van der Waals surface area contributed by atoms with Gasteiger partial charge in [0.05, 0.1) is 16.0 Å². The number of carbonyl (C=O) groups excluding carboxylic acids is 5. The van der Waals surface area contributed by atoms with Crippen molar-refractivity contribution in [2.24, 2.45) is 5.73 Å². The topological polar surface area (TPSA) is 186 Å². The molecule has 44 heavy (non-hydrogen) atoms. The molecule has 0 saturated carbocycles. The fraction of sp³-hybridized carbons (Fsp3) is 0.414. The molecule has 4 aliphatic heterocycles. The van der Waals surface area contributed by atoms with Crippen molar-refractivity contribution in [3.63, 3.8) is 0 Å². The minimum absolute atomic E-state index is 0.0573. The molecule has 15 heteroatoms. The zero-order valence-electron chi connectivity index (χ0n) is 23.6. The number of benzene rings is 2. The number of likely N-dealkylation sites (tertiary alicyclic amines) is 1. The number of ether oxygens (including phenoxy) is 2. The summed E-state index contributed by atoms with van der Waals surface area (Å²) >= 11 is 0. The third-order valence-corrected chi connectivity index (χ3v) is 10.2. The summed E-state index contributed by atoms with van der Waals surface area (Å²) in [7, 11) is -3.76. The van der Waals surface area contributed by atoms with E-state index in [0.717, 1.165) is 10.5 Å². The van der Waals surface area contributed by atoms with Gasteiger partial charge in [0.25, 0.3) is 11.8 Å². The van der Waals surface area contributed by atoms with E-state index >= 15 is 0 Å². The standard InChI is InChI=1S/C29H31N5O9S/c30-29(39)43-18-8-10-33(11-9-18)44(40,41)21-3-1-2-19(13-21)42-20-15-32(16-20)14-17-4-5-22-23(12-17)28(38)34(27(22)37)24-6-7-25(35)31-26(24)36/h1-5,12-13,18,20,24H,6-11,14-16H2,(H2,30,39)(H,31,35,36). The Morgan fingerprint density at radius 1 is 0.932 bits per heavy atom. The van der Waals surface area contributed by atoms with Gasteiger partial charge in [-0.1, -0.05) is 12.1 Å². The second kappa shape index (κ2) is 11.6. The first-order valence-corrected chi connectivity index (χ1v) is 15.7. The highest BCUT2D eigenvalue weighted by Crippen LogP contribution is 2.30. The molecule has 0 aliphatic carbocycles. The van der Waals surface area contributed by atoms with Gasteiger partial charge in [-0.3, -0.25) is 34.3 Å². The van der Waals surface area contributed by atoms with Crippen molar-refractivity contribution in [1.29, 1.82) is 0 Å². The van der Waals surface area contributed by atoms with Crippen LogP contribution in [0.25, 0.3) is 0 Å². The van der Waals surface area contributed by atoms with Crippen LogP contribution in [0.2, 0.25) is 0 Å². The number of amides is 5. The molecule has 14 nitrogen and oxygen atoms in total. The van der Waals surface area contributed by atoms with Gasteiger partial charge in [0, 0.05) is 45.2 Å². The lowest BCUT2D eigenvalue weighted by atomic mass is 10.0. The lowest BCUT2D eigenvalue weighted by Crippen LogP contribution is -2.54. The molecule has 4 aliphatic rings. The highest BCUT2D eigenvalue weighted by Gasteiger charge is 2.44. The van der Waals surface area contributed by atoms with E-state index in [4.69, 9.17) is 15.2 Å². The number of hydrogen-bond donors (Lipinski definition) is 2. The summed E-state index contributed by atoms with van der Waals surface area (Å²) in [5.74, 6) is -1.75. The summed E-state index contributed by atoms with van der Waals surface area (Å²) in [6, 6.07) is 10.3. The van der Waals surface area contributed by atoms with Crippen LogP contribution in [0.4, 0.5) is 4.79 Å². The molecule has 3 N–H and O–H groups in total. The Hall–Kier alpha value is -4.34. The second-order valence-corrected chi connectivity index (χ2v) is 13.2. The monoisotopic (exact) mass is 625 g/mol. The van der Waals surface area contributed by atoms with Gasteiger partial charge >= 0.3 is 6.09 Å². The second-order valence-electron chi connectivity index (χ2n) is 11.3. The Bertz CT molecular complexity index is 1650. The van der Waals surface area contributed by atoms with Crippen molar-refractivity contribution in [3.05, 3.63) is 59.2 Å². The Labute approximate surface area is 253 Å². The van der Waals surface area contributed by atoms with E-state index < -0.39 is 51.9 Å². The normalized spacial score (nSPS) is 22.0. The Morgan fingerprint density at radius 3 is 2.36 bits per heavy atom. The number of hydrogen-bond acceptors (Lipinski definition) is 10. The third-order valence-electron chi connectivity index (χ3n) is 8.26. The summed E-state index contributed by atoms with van der Waals surface area (Å²) in [6.07, 6.45) is -0.561.